The van der Waals surface area contributed by atoms with Gasteiger partial charge in [-0.2, -0.15) is 0 Å². The largest absolute Gasteiger partial charge is 0.310 e. The van der Waals surface area contributed by atoms with E-state index < -0.39 is 0 Å². The molecule has 0 aromatic heterocycles. The molecule has 0 unspecified atom stereocenters. The summed E-state index contributed by atoms with van der Waals surface area (Å²) in [6.45, 7) is 0. The average Bonchev–Trinajstić information content (AvgIpc) is 3.21. The number of hydrogen-bond acceptors (Lipinski definition) is 2. The fraction of sp³-hybridized carbons (Fsp3) is 0. The van der Waals surface area contributed by atoms with E-state index in [0.29, 0.717) is 0 Å². The van der Waals surface area contributed by atoms with E-state index in [1.54, 1.807) is 0 Å². The zero-order valence-corrected chi connectivity index (χ0v) is 28.4. The molecule has 0 aliphatic heterocycles. The van der Waals surface area contributed by atoms with Crippen molar-refractivity contribution in [2.45, 2.75) is 0 Å². The Bertz CT molecular complexity index is 2820. The summed E-state index contributed by atoms with van der Waals surface area (Å²) in [7, 11) is 0. The maximum Gasteiger partial charge on any atom is 0.0540 e. The third-order valence-corrected chi connectivity index (χ3v) is 10.9. The second-order valence-electron chi connectivity index (χ2n) is 13.7. The Morgan fingerprint density at radius 3 is 0.904 bits per heavy atom. The lowest BCUT2D eigenvalue weighted by molar-refractivity contribution is 1.27. The minimum atomic E-state index is 1.10. The van der Waals surface area contributed by atoms with Gasteiger partial charge in [0.2, 0.25) is 0 Å². The van der Waals surface area contributed by atoms with E-state index >= 15 is 0 Å². The van der Waals surface area contributed by atoms with E-state index in [9.17, 15) is 0 Å². The van der Waals surface area contributed by atoms with Crippen molar-refractivity contribution in [2.24, 2.45) is 0 Å². The van der Waals surface area contributed by atoms with Crippen LogP contribution in [0.3, 0.4) is 0 Å². The Balaban J connectivity index is 1.10. The summed E-state index contributed by atoms with van der Waals surface area (Å²) in [5.74, 6) is 0. The lowest BCUT2D eigenvalue weighted by Crippen LogP contribution is -2.13. The predicted octanol–water partition coefficient (Wildman–Crippen LogP) is 14.4. The van der Waals surface area contributed by atoms with Crippen LogP contribution in [-0.4, -0.2) is 0 Å². The van der Waals surface area contributed by atoms with Gasteiger partial charge < -0.3 is 9.80 Å². The van der Waals surface area contributed by atoms with Crippen molar-refractivity contribution in [1.29, 1.82) is 0 Å². The van der Waals surface area contributed by atoms with Gasteiger partial charge in [-0.05, 0) is 115 Å². The minimum absolute atomic E-state index is 1.10. The van der Waals surface area contributed by atoms with E-state index in [0.717, 1.165) is 34.1 Å². The van der Waals surface area contributed by atoms with Gasteiger partial charge in [0.1, 0.15) is 0 Å². The second kappa shape index (κ2) is 11.3. The molecule has 2 heteroatoms. The van der Waals surface area contributed by atoms with Gasteiger partial charge in [0.15, 0.2) is 0 Å². The smallest absolute Gasteiger partial charge is 0.0540 e. The molecule has 0 bridgehead atoms. The molecule has 0 aliphatic carbocycles. The van der Waals surface area contributed by atoms with E-state index in [1.807, 2.05) is 0 Å². The minimum Gasteiger partial charge on any atom is -0.310 e. The number of benzene rings is 11. The van der Waals surface area contributed by atoms with Gasteiger partial charge in [0, 0.05) is 33.5 Å². The summed E-state index contributed by atoms with van der Waals surface area (Å²) >= 11 is 0. The fourth-order valence-corrected chi connectivity index (χ4v) is 8.59. The Labute approximate surface area is 301 Å². The van der Waals surface area contributed by atoms with Crippen molar-refractivity contribution < 1.29 is 0 Å². The number of nitrogens with zero attached hydrogens (tertiary/aromatic N) is 2. The van der Waals surface area contributed by atoms with Crippen molar-refractivity contribution in [1.82, 2.24) is 0 Å². The number of anilines is 6. The predicted molar refractivity (Wildman–Crippen MR) is 223 cm³/mol. The molecular weight excluding hydrogens is 629 g/mol. The maximum absolute atomic E-state index is 2.40. The first-order valence-corrected chi connectivity index (χ1v) is 17.9. The van der Waals surface area contributed by atoms with Gasteiger partial charge in [-0.1, -0.05) is 133 Å². The van der Waals surface area contributed by atoms with Crippen LogP contribution in [0.4, 0.5) is 34.1 Å². The molecule has 0 N–H and O–H groups in total. The van der Waals surface area contributed by atoms with Gasteiger partial charge in [-0.3, -0.25) is 0 Å². The van der Waals surface area contributed by atoms with Crippen LogP contribution in [0.15, 0.2) is 194 Å². The second-order valence-corrected chi connectivity index (χ2v) is 13.7. The normalized spacial score (nSPS) is 11.8. The third kappa shape index (κ3) is 4.31. The summed E-state index contributed by atoms with van der Waals surface area (Å²) in [4.78, 5) is 4.80. The van der Waals surface area contributed by atoms with Crippen LogP contribution < -0.4 is 9.80 Å². The topological polar surface area (TPSA) is 6.48 Å². The molecule has 0 spiro atoms. The lowest BCUT2D eigenvalue weighted by Gasteiger charge is -2.30. The van der Waals surface area contributed by atoms with Crippen molar-refractivity contribution in [3.05, 3.63) is 194 Å². The van der Waals surface area contributed by atoms with E-state index in [-0.39, 0.29) is 0 Å². The van der Waals surface area contributed by atoms with Crippen LogP contribution in [0.25, 0.3) is 64.6 Å². The Kier molecular flexibility index (Phi) is 6.28. The first-order chi connectivity index (χ1) is 25.8. The van der Waals surface area contributed by atoms with Crippen LogP contribution in [0.1, 0.15) is 0 Å². The summed E-state index contributed by atoms with van der Waals surface area (Å²) in [5, 5.41) is 15.4. The molecule has 0 saturated carbocycles. The molecule has 0 fully saturated rings. The van der Waals surface area contributed by atoms with Gasteiger partial charge in [-0.25, -0.2) is 0 Å². The van der Waals surface area contributed by atoms with Crippen LogP contribution in [0.5, 0.6) is 0 Å². The molecule has 11 aromatic carbocycles. The summed E-state index contributed by atoms with van der Waals surface area (Å²) in [6, 6.07) is 71.0. The molecule has 0 atom stereocenters. The zero-order valence-electron chi connectivity index (χ0n) is 28.4. The number of para-hydroxylation sites is 2. The Morgan fingerprint density at radius 1 is 0.212 bits per heavy atom. The molecule has 11 aromatic rings. The van der Waals surface area contributed by atoms with Gasteiger partial charge in [-0.15, -0.1) is 0 Å². The van der Waals surface area contributed by atoms with Crippen molar-refractivity contribution in [3.8, 4) is 0 Å². The van der Waals surface area contributed by atoms with Gasteiger partial charge in [0.25, 0.3) is 0 Å². The van der Waals surface area contributed by atoms with Crippen LogP contribution in [0.2, 0.25) is 0 Å². The molecule has 0 amide bonds. The highest BCUT2D eigenvalue weighted by atomic mass is 15.2. The molecule has 52 heavy (non-hydrogen) atoms. The summed E-state index contributed by atoms with van der Waals surface area (Å²) in [6.07, 6.45) is 0. The first kappa shape index (κ1) is 28.9. The van der Waals surface area contributed by atoms with Crippen LogP contribution in [0, 0.1) is 0 Å². The van der Waals surface area contributed by atoms with E-state index in [1.165, 1.54) is 64.6 Å². The van der Waals surface area contributed by atoms with Crippen LogP contribution in [-0.2, 0) is 0 Å². The molecule has 0 aliphatic rings. The molecule has 242 valence electrons. The van der Waals surface area contributed by atoms with Crippen molar-refractivity contribution in [2.75, 3.05) is 9.80 Å². The standard InChI is InChI=1S/C50H32N2/c1-3-13-39(14-4-1)51(45-31-23-37-19-17-33-9-7-11-35-21-29-43(45)49(37)47(33)35)41-25-27-42(28-26-41)52(40-15-5-2-6-16-40)46-32-24-38-20-18-34-10-8-12-36-22-30-44(46)50(38)48(34)36/h1-32H. The maximum atomic E-state index is 2.40. The van der Waals surface area contributed by atoms with Gasteiger partial charge >= 0.3 is 0 Å². The van der Waals surface area contributed by atoms with E-state index in [4.69, 9.17) is 0 Å². The Hall–Kier alpha value is -6.90. The molecule has 0 heterocycles. The highest BCUT2D eigenvalue weighted by Gasteiger charge is 2.21. The zero-order chi connectivity index (χ0) is 34.2. The number of rotatable bonds is 6. The third-order valence-electron chi connectivity index (χ3n) is 10.9. The van der Waals surface area contributed by atoms with Crippen molar-refractivity contribution in [3.63, 3.8) is 0 Å². The highest BCUT2D eigenvalue weighted by Crippen LogP contribution is 2.46. The van der Waals surface area contributed by atoms with E-state index in [2.05, 4.69) is 204 Å². The Morgan fingerprint density at radius 2 is 0.519 bits per heavy atom. The fourth-order valence-electron chi connectivity index (χ4n) is 8.59. The summed E-state index contributed by atoms with van der Waals surface area (Å²) in [5.41, 5.74) is 6.78. The molecule has 0 radical (unpaired) electrons. The molecule has 2 nitrogen and oxygen atoms in total. The van der Waals surface area contributed by atoms with Crippen LogP contribution >= 0.6 is 0 Å². The van der Waals surface area contributed by atoms with Gasteiger partial charge in [0.05, 0.1) is 11.4 Å². The SMILES string of the molecule is c1ccc(N(c2ccc(N(c3ccccc3)c3ccc4ccc5cccc6ccc3c4c56)cc2)c2ccc3ccc4cccc5ccc2c3c45)cc1. The summed E-state index contributed by atoms with van der Waals surface area (Å²) < 4.78 is 0. The molecular formula is C50H32N2. The first-order valence-electron chi connectivity index (χ1n) is 17.9. The molecule has 0 saturated heterocycles. The van der Waals surface area contributed by atoms with Crippen molar-refractivity contribution >= 4 is 98.8 Å². The monoisotopic (exact) mass is 660 g/mol. The number of hydrogen-bond donors (Lipinski definition) is 0. The quantitative estimate of drug-likeness (QED) is 0.164. The highest BCUT2D eigenvalue weighted by molar-refractivity contribution is 6.27. The lowest BCUT2D eigenvalue weighted by atomic mass is 9.93. The average molecular weight is 661 g/mol. The molecule has 11 rings (SSSR count).